The monoisotopic (exact) mass is 439 g/mol. The predicted octanol–water partition coefficient (Wildman–Crippen LogP) is 6.64. The molecule has 0 fully saturated rings. The zero-order chi connectivity index (χ0) is 20.2. The molecule has 4 aromatic rings. The molecule has 0 aliphatic heterocycles. The number of nitrogens with one attached hydrogen (secondary N) is 1. The number of hydrogen-bond acceptors (Lipinski definition) is 4. The Hall–Kier alpha value is -3.33. The predicted molar refractivity (Wildman–Crippen MR) is 119 cm³/mol. The van der Waals surface area contributed by atoms with Crippen molar-refractivity contribution in [1.82, 2.24) is 4.98 Å². The molecular formula is C23H16Cl2FN3O. The van der Waals surface area contributed by atoms with Gasteiger partial charge in [0.1, 0.15) is 24.2 Å². The van der Waals surface area contributed by atoms with E-state index in [-0.39, 0.29) is 18.1 Å². The first kappa shape index (κ1) is 21.4. The van der Waals surface area contributed by atoms with E-state index in [4.69, 9.17) is 16.3 Å². The van der Waals surface area contributed by atoms with Crippen molar-refractivity contribution in [1.29, 1.82) is 5.26 Å². The maximum absolute atomic E-state index is 14.2. The van der Waals surface area contributed by atoms with Crippen molar-refractivity contribution in [3.8, 4) is 11.8 Å². The Kier molecular flexibility index (Phi) is 6.73. The van der Waals surface area contributed by atoms with Crippen LogP contribution in [0.15, 0.2) is 72.9 Å². The van der Waals surface area contributed by atoms with Gasteiger partial charge in [-0.25, -0.2) is 4.39 Å². The number of benzene rings is 3. The fourth-order valence-electron chi connectivity index (χ4n) is 2.96. The van der Waals surface area contributed by atoms with Crippen LogP contribution in [0.4, 0.5) is 15.8 Å². The first-order chi connectivity index (χ1) is 14.1. The third-order valence-electron chi connectivity index (χ3n) is 4.40. The van der Waals surface area contributed by atoms with Crippen molar-refractivity contribution < 1.29 is 9.13 Å². The molecule has 0 radical (unpaired) electrons. The molecule has 0 saturated carbocycles. The van der Waals surface area contributed by atoms with Crippen LogP contribution < -0.4 is 10.1 Å². The van der Waals surface area contributed by atoms with E-state index in [1.165, 1.54) is 6.07 Å². The van der Waals surface area contributed by atoms with Crippen LogP contribution in [0, 0.1) is 17.1 Å². The molecule has 30 heavy (non-hydrogen) atoms. The summed E-state index contributed by atoms with van der Waals surface area (Å²) in [6.07, 6.45) is 1.62. The third-order valence-corrected chi connectivity index (χ3v) is 4.64. The van der Waals surface area contributed by atoms with Gasteiger partial charge in [0, 0.05) is 28.4 Å². The van der Waals surface area contributed by atoms with Gasteiger partial charge in [-0.05, 0) is 35.9 Å². The highest BCUT2D eigenvalue weighted by Gasteiger charge is 2.12. The van der Waals surface area contributed by atoms with Crippen LogP contribution in [0.1, 0.15) is 11.1 Å². The summed E-state index contributed by atoms with van der Waals surface area (Å²) in [4.78, 5) is 4.37. The Morgan fingerprint density at radius 3 is 2.57 bits per heavy atom. The van der Waals surface area contributed by atoms with Crippen molar-refractivity contribution in [3.05, 3.63) is 94.9 Å². The second-order valence-corrected chi connectivity index (χ2v) is 6.80. The molecule has 0 atom stereocenters. The maximum Gasteiger partial charge on any atom is 0.148 e. The normalized spacial score (nSPS) is 10.2. The number of nitrogens with zero attached hydrogens (tertiary/aromatic N) is 2. The molecule has 0 amide bonds. The van der Waals surface area contributed by atoms with Gasteiger partial charge < -0.3 is 10.1 Å². The van der Waals surface area contributed by atoms with E-state index in [1.807, 2.05) is 30.3 Å². The molecule has 4 rings (SSSR count). The van der Waals surface area contributed by atoms with E-state index < -0.39 is 5.82 Å². The summed E-state index contributed by atoms with van der Waals surface area (Å²) in [5.74, 6) is -0.0167. The van der Waals surface area contributed by atoms with Crippen LogP contribution in [0.25, 0.3) is 10.9 Å². The Labute approximate surface area is 184 Å². The van der Waals surface area contributed by atoms with Gasteiger partial charge >= 0.3 is 0 Å². The molecule has 150 valence electrons. The van der Waals surface area contributed by atoms with Gasteiger partial charge in [0.2, 0.25) is 0 Å². The van der Waals surface area contributed by atoms with E-state index in [2.05, 4.69) is 16.4 Å². The summed E-state index contributed by atoms with van der Waals surface area (Å²) >= 11 is 5.82. The SMILES string of the molecule is Cl.N#Cc1cc2c(Nc3ccc(Cl)cc3F)ccnc2cc1OCc1ccccc1. The number of fused-ring (bicyclic) bond motifs is 1. The minimum Gasteiger partial charge on any atom is -0.487 e. The number of rotatable bonds is 5. The highest BCUT2D eigenvalue weighted by atomic mass is 35.5. The molecular weight excluding hydrogens is 424 g/mol. The van der Waals surface area contributed by atoms with Gasteiger partial charge in [-0.1, -0.05) is 41.9 Å². The first-order valence-corrected chi connectivity index (χ1v) is 9.23. The third kappa shape index (κ3) is 4.62. The molecule has 0 saturated heterocycles. The van der Waals surface area contributed by atoms with E-state index in [9.17, 15) is 9.65 Å². The quantitative estimate of drug-likeness (QED) is 0.378. The van der Waals surface area contributed by atoms with E-state index >= 15 is 0 Å². The number of halogens is 3. The van der Waals surface area contributed by atoms with Crippen LogP contribution >= 0.6 is 24.0 Å². The minimum atomic E-state index is -0.467. The van der Waals surface area contributed by atoms with Crippen molar-refractivity contribution in [2.45, 2.75) is 6.61 Å². The molecule has 7 heteroatoms. The summed E-state index contributed by atoms with van der Waals surface area (Å²) in [7, 11) is 0. The van der Waals surface area contributed by atoms with Gasteiger partial charge in [0.15, 0.2) is 0 Å². The Morgan fingerprint density at radius 2 is 1.83 bits per heavy atom. The summed E-state index contributed by atoms with van der Waals surface area (Å²) in [5, 5.41) is 13.6. The Bertz CT molecular complexity index is 1230. The molecule has 1 aromatic heterocycles. The van der Waals surface area contributed by atoms with Crippen LogP contribution in [-0.2, 0) is 6.61 Å². The number of anilines is 2. The van der Waals surface area contributed by atoms with Crippen molar-refractivity contribution in [2.24, 2.45) is 0 Å². The summed E-state index contributed by atoms with van der Waals surface area (Å²) in [6, 6.07) is 21.4. The summed E-state index contributed by atoms with van der Waals surface area (Å²) < 4.78 is 20.0. The molecule has 3 aromatic carbocycles. The lowest BCUT2D eigenvalue weighted by Crippen LogP contribution is -1.99. The number of ether oxygens (including phenoxy) is 1. The van der Waals surface area contributed by atoms with Gasteiger partial charge in [-0.3, -0.25) is 4.98 Å². The summed E-state index contributed by atoms with van der Waals surface area (Å²) in [6.45, 7) is 0.342. The smallest absolute Gasteiger partial charge is 0.148 e. The Balaban J connectivity index is 0.00000256. The van der Waals surface area contributed by atoms with Crippen LogP contribution in [-0.4, -0.2) is 4.98 Å². The molecule has 1 heterocycles. The average Bonchev–Trinajstić information content (AvgIpc) is 2.74. The van der Waals surface area contributed by atoms with E-state index in [1.54, 1.807) is 36.5 Å². The molecule has 0 spiro atoms. The number of pyridine rings is 1. The molecule has 4 nitrogen and oxygen atoms in total. The minimum absolute atomic E-state index is 0. The lowest BCUT2D eigenvalue weighted by atomic mass is 10.1. The largest absolute Gasteiger partial charge is 0.487 e. The van der Waals surface area contributed by atoms with Crippen molar-refractivity contribution >= 4 is 46.3 Å². The summed E-state index contributed by atoms with van der Waals surface area (Å²) in [5.41, 5.74) is 2.91. The standard InChI is InChI=1S/C23H15ClFN3O.ClH/c24-17-6-7-21(19(25)11-17)28-20-8-9-27-22-12-23(16(13-26)10-18(20)22)29-14-15-4-2-1-3-5-15;/h1-12H,14H2,(H,27,28);1H. The van der Waals surface area contributed by atoms with Gasteiger partial charge in [-0.2, -0.15) is 5.26 Å². The fourth-order valence-corrected chi connectivity index (χ4v) is 3.12. The lowest BCUT2D eigenvalue weighted by molar-refractivity contribution is 0.305. The van der Waals surface area contributed by atoms with Gasteiger partial charge in [0.05, 0.1) is 16.8 Å². The van der Waals surface area contributed by atoms with E-state index in [0.717, 1.165) is 5.56 Å². The van der Waals surface area contributed by atoms with Gasteiger partial charge in [-0.15, -0.1) is 12.4 Å². The van der Waals surface area contributed by atoms with Crippen molar-refractivity contribution in [2.75, 3.05) is 5.32 Å². The number of hydrogen-bond donors (Lipinski definition) is 1. The zero-order valence-corrected chi connectivity index (χ0v) is 17.2. The van der Waals surface area contributed by atoms with E-state index in [0.29, 0.717) is 39.5 Å². The van der Waals surface area contributed by atoms with Crippen molar-refractivity contribution in [3.63, 3.8) is 0 Å². The zero-order valence-electron chi connectivity index (χ0n) is 15.6. The first-order valence-electron chi connectivity index (χ1n) is 8.86. The number of nitriles is 1. The molecule has 1 N–H and O–H groups in total. The number of aromatic nitrogens is 1. The van der Waals surface area contributed by atoms with Crippen LogP contribution in [0.2, 0.25) is 5.02 Å². The molecule has 0 aliphatic carbocycles. The lowest BCUT2D eigenvalue weighted by Gasteiger charge is -2.13. The van der Waals surface area contributed by atoms with Gasteiger partial charge in [0.25, 0.3) is 0 Å². The topological polar surface area (TPSA) is 57.9 Å². The molecule has 0 unspecified atom stereocenters. The highest BCUT2D eigenvalue weighted by Crippen LogP contribution is 2.32. The Morgan fingerprint density at radius 1 is 1.03 bits per heavy atom. The second-order valence-electron chi connectivity index (χ2n) is 6.36. The second kappa shape index (κ2) is 9.45. The highest BCUT2D eigenvalue weighted by molar-refractivity contribution is 6.30. The van der Waals surface area contributed by atoms with Crippen LogP contribution in [0.3, 0.4) is 0 Å². The maximum atomic E-state index is 14.2. The molecule has 0 bridgehead atoms. The fraction of sp³-hybridized carbons (Fsp3) is 0.0435. The van der Waals surface area contributed by atoms with Crippen LogP contribution in [0.5, 0.6) is 5.75 Å². The molecule has 0 aliphatic rings. The average molecular weight is 440 g/mol.